The molecule has 0 aromatic heterocycles. The molecule has 90 valence electrons. The summed E-state index contributed by atoms with van der Waals surface area (Å²) in [5.74, 6) is 0.988. The first-order valence-corrected chi connectivity index (χ1v) is 5.86. The van der Waals surface area contributed by atoms with Crippen molar-refractivity contribution in [1.29, 1.82) is 0 Å². The molecule has 5 heteroatoms. The summed E-state index contributed by atoms with van der Waals surface area (Å²) in [6.07, 6.45) is -4.21. The molecule has 0 spiro atoms. The zero-order valence-electron chi connectivity index (χ0n) is 9.04. The molecule has 0 saturated heterocycles. The zero-order valence-corrected chi connectivity index (χ0v) is 9.86. The molecule has 0 aliphatic carbocycles. The van der Waals surface area contributed by atoms with Gasteiger partial charge < -0.3 is 4.74 Å². The van der Waals surface area contributed by atoms with E-state index in [0.717, 1.165) is 11.8 Å². The van der Waals surface area contributed by atoms with Crippen LogP contribution in [0.15, 0.2) is 24.3 Å². The van der Waals surface area contributed by atoms with Crippen LogP contribution < -0.4 is 4.74 Å². The van der Waals surface area contributed by atoms with Crippen molar-refractivity contribution in [3.8, 4) is 5.75 Å². The van der Waals surface area contributed by atoms with E-state index in [1.165, 1.54) is 19.2 Å². The standard InChI is InChI=1S/C11H13F3OS/c1-3-16-10(11(12,13)14)8-4-6-9(15-2)7-5-8/h4-7,10H,3H2,1-2H3. The lowest BCUT2D eigenvalue weighted by Gasteiger charge is -2.19. The predicted molar refractivity (Wildman–Crippen MR) is 59.9 cm³/mol. The molecule has 16 heavy (non-hydrogen) atoms. The van der Waals surface area contributed by atoms with E-state index in [0.29, 0.717) is 11.5 Å². The minimum atomic E-state index is -4.21. The van der Waals surface area contributed by atoms with Gasteiger partial charge in [0.25, 0.3) is 0 Å². The van der Waals surface area contributed by atoms with E-state index in [9.17, 15) is 13.2 Å². The Labute approximate surface area is 97.0 Å². The molecule has 0 N–H and O–H groups in total. The molecule has 0 amide bonds. The second kappa shape index (κ2) is 5.48. The van der Waals surface area contributed by atoms with E-state index in [4.69, 9.17) is 4.74 Å². The van der Waals surface area contributed by atoms with Gasteiger partial charge in [-0.3, -0.25) is 0 Å². The van der Waals surface area contributed by atoms with E-state index in [1.54, 1.807) is 19.1 Å². The molecule has 1 unspecified atom stereocenters. The maximum Gasteiger partial charge on any atom is 0.404 e. The van der Waals surface area contributed by atoms with Crippen molar-refractivity contribution in [2.24, 2.45) is 0 Å². The SMILES string of the molecule is CCSC(c1ccc(OC)cc1)C(F)(F)F. The quantitative estimate of drug-likeness (QED) is 0.797. The number of benzene rings is 1. The van der Waals surface area contributed by atoms with E-state index >= 15 is 0 Å². The van der Waals surface area contributed by atoms with Crippen LogP contribution in [0.2, 0.25) is 0 Å². The molecule has 0 bridgehead atoms. The molecule has 0 heterocycles. The minimum absolute atomic E-state index is 0.264. The van der Waals surface area contributed by atoms with E-state index in [2.05, 4.69) is 0 Å². The van der Waals surface area contributed by atoms with Gasteiger partial charge in [-0.2, -0.15) is 13.2 Å². The van der Waals surface area contributed by atoms with Crippen molar-refractivity contribution < 1.29 is 17.9 Å². The first kappa shape index (κ1) is 13.2. The molecular weight excluding hydrogens is 237 g/mol. The molecule has 0 aliphatic rings. The Morgan fingerprint density at radius 3 is 2.19 bits per heavy atom. The monoisotopic (exact) mass is 250 g/mol. The summed E-state index contributed by atoms with van der Waals surface area (Å²) in [6, 6.07) is 6.01. The summed E-state index contributed by atoms with van der Waals surface area (Å²) in [5, 5.41) is -1.46. The second-order valence-corrected chi connectivity index (χ2v) is 4.53. The lowest BCUT2D eigenvalue weighted by molar-refractivity contribution is -0.129. The van der Waals surface area contributed by atoms with Gasteiger partial charge >= 0.3 is 6.18 Å². The molecule has 0 fully saturated rings. The summed E-state index contributed by atoms with van der Waals surface area (Å²) in [5.41, 5.74) is 0.264. The van der Waals surface area contributed by atoms with E-state index in [1.807, 2.05) is 0 Å². The van der Waals surface area contributed by atoms with Gasteiger partial charge in [0.2, 0.25) is 0 Å². The first-order chi connectivity index (χ1) is 7.49. The van der Waals surface area contributed by atoms with E-state index < -0.39 is 11.4 Å². The van der Waals surface area contributed by atoms with Crippen molar-refractivity contribution in [2.75, 3.05) is 12.9 Å². The van der Waals surface area contributed by atoms with Crippen LogP contribution in [0.4, 0.5) is 13.2 Å². The number of methoxy groups -OCH3 is 1. The van der Waals surface area contributed by atoms with Crippen LogP contribution in [-0.2, 0) is 0 Å². The molecule has 0 aliphatic heterocycles. The average molecular weight is 250 g/mol. The third kappa shape index (κ3) is 3.33. The highest BCUT2D eigenvalue weighted by molar-refractivity contribution is 7.99. The lowest BCUT2D eigenvalue weighted by Crippen LogP contribution is -2.18. The molecule has 1 aromatic carbocycles. The molecule has 1 atom stereocenters. The Hall–Kier alpha value is -0.840. The van der Waals surface area contributed by atoms with Crippen LogP contribution in [0.25, 0.3) is 0 Å². The fourth-order valence-electron chi connectivity index (χ4n) is 1.33. The topological polar surface area (TPSA) is 9.23 Å². The van der Waals surface area contributed by atoms with E-state index in [-0.39, 0.29) is 5.56 Å². The molecule has 0 radical (unpaired) electrons. The number of halogens is 3. The van der Waals surface area contributed by atoms with Gasteiger partial charge in [0.1, 0.15) is 11.0 Å². The Balaban J connectivity index is 2.93. The molecule has 1 rings (SSSR count). The van der Waals surface area contributed by atoms with Crippen LogP contribution in [0, 0.1) is 0 Å². The summed E-state index contributed by atoms with van der Waals surface area (Å²) in [4.78, 5) is 0. The van der Waals surface area contributed by atoms with Crippen LogP contribution in [0.3, 0.4) is 0 Å². The Bertz CT molecular complexity index is 321. The summed E-state index contributed by atoms with van der Waals surface area (Å²) in [6.45, 7) is 1.72. The number of alkyl halides is 3. The van der Waals surface area contributed by atoms with Gasteiger partial charge in [-0.25, -0.2) is 0 Å². The number of rotatable bonds is 4. The Morgan fingerprint density at radius 2 is 1.81 bits per heavy atom. The average Bonchev–Trinajstić information content (AvgIpc) is 2.25. The second-order valence-electron chi connectivity index (χ2n) is 3.15. The fraction of sp³-hybridized carbons (Fsp3) is 0.455. The summed E-state index contributed by atoms with van der Waals surface area (Å²) < 4.78 is 43.1. The maximum atomic E-state index is 12.7. The summed E-state index contributed by atoms with van der Waals surface area (Å²) >= 11 is 0.884. The van der Waals surface area contributed by atoms with Crippen molar-refractivity contribution >= 4 is 11.8 Å². The normalized spacial score (nSPS) is 13.6. The highest BCUT2D eigenvalue weighted by Crippen LogP contribution is 2.43. The third-order valence-electron chi connectivity index (χ3n) is 2.05. The maximum absolute atomic E-state index is 12.7. The number of thioether (sulfide) groups is 1. The lowest BCUT2D eigenvalue weighted by atomic mass is 10.1. The summed E-state index contributed by atoms with van der Waals surface area (Å²) in [7, 11) is 1.48. The number of hydrogen-bond donors (Lipinski definition) is 0. The van der Waals surface area contributed by atoms with Crippen LogP contribution in [-0.4, -0.2) is 19.0 Å². The molecular formula is C11H13F3OS. The van der Waals surface area contributed by atoms with Crippen molar-refractivity contribution in [1.82, 2.24) is 0 Å². The Morgan fingerprint density at radius 1 is 1.25 bits per heavy atom. The van der Waals surface area contributed by atoms with Crippen molar-refractivity contribution in [3.05, 3.63) is 29.8 Å². The molecule has 1 aromatic rings. The Kier molecular flexibility index (Phi) is 4.53. The van der Waals surface area contributed by atoms with Gasteiger partial charge in [-0.05, 0) is 23.4 Å². The van der Waals surface area contributed by atoms with Crippen LogP contribution in [0.5, 0.6) is 5.75 Å². The van der Waals surface area contributed by atoms with Crippen molar-refractivity contribution in [3.63, 3.8) is 0 Å². The van der Waals surface area contributed by atoms with Gasteiger partial charge in [-0.1, -0.05) is 19.1 Å². The number of hydrogen-bond acceptors (Lipinski definition) is 2. The van der Waals surface area contributed by atoms with Gasteiger partial charge in [0.15, 0.2) is 0 Å². The van der Waals surface area contributed by atoms with Gasteiger partial charge in [0.05, 0.1) is 7.11 Å². The smallest absolute Gasteiger partial charge is 0.404 e. The van der Waals surface area contributed by atoms with Crippen LogP contribution in [0.1, 0.15) is 17.7 Å². The predicted octanol–water partition coefficient (Wildman–Crippen LogP) is 4.05. The largest absolute Gasteiger partial charge is 0.497 e. The highest BCUT2D eigenvalue weighted by atomic mass is 32.2. The van der Waals surface area contributed by atoms with Crippen molar-refractivity contribution in [2.45, 2.75) is 18.3 Å². The zero-order chi connectivity index (χ0) is 12.2. The first-order valence-electron chi connectivity index (χ1n) is 4.81. The highest BCUT2D eigenvalue weighted by Gasteiger charge is 2.40. The fourth-order valence-corrected chi connectivity index (χ4v) is 2.20. The molecule has 1 nitrogen and oxygen atoms in total. The van der Waals surface area contributed by atoms with Gasteiger partial charge in [0, 0.05) is 0 Å². The molecule has 0 saturated carbocycles. The van der Waals surface area contributed by atoms with Crippen LogP contribution >= 0.6 is 11.8 Å². The minimum Gasteiger partial charge on any atom is -0.497 e. The number of ether oxygens (including phenoxy) is 1. The van der Waals surface area contributed by atoms with Gasteiger partial charge in [-0.15, -0.1) is 11.8 Å². The third-order valence-corrected chi connectivity index (χ3v) is 3.26.